The number of nitrogens with two attached hydrogens (primary N) is 1. The van der Waals surface area contributed by atoms with Crippen LogP contribution in [-0.4, -0.2) is 0 Å². The Balaban J connectivity index is 2.37. The Labute approximate surface area is 107 Å². The highest BCUT2D eigenvalue weighted by molar-refractivity contribution is 5.71. The largest absolute Gasteiger partial charge is 0.399 e. The molecule has 3 heteroatoms. The van der Waals surface area contributed by atoms with Crippen LogP contribution in [0.2, 0.25) is 0 Å². The van der Waals surface area contributed by atoms with Gasteiger partial charge in [0.1, 0.15) is 6.07 Å². The maximum Gasteiger partial charge on any atom is 0.101 e. The molecule has 0 aromatic heterocycles. The number of anilines is 3. The number of nitriles is 1. The van der Waals surface area contributed by atoms with Crippen LogP contribution in [0.1, 0.15) is 18.1 Å². The third-order valence-corrected chi connectivity index (χ3v) is 2.83. The second kappa shape index (κ2) is 5.24. The lowest BCUT2D eigenvalue weighted by molar-refractivity contribution is 1.14. The molecule has 0 bridgehead atoms. The van der Waals surface area contributed by atoms with Crippen LogP contribution >= 0.6 is 0 Å². The van der Waals surface area contributed by atoms with Crippen LogP contribution in [0.3, 0.4) is 0 Å². The van der Waals surface area contributed by atoms with E-state index >= 15 is 0 Å². The normalized spacial score (nSPS) is 9.78. The SMILES string of the molecule is CCc1ccccc1Nc1ccc(N)cc1C#N. The summed E-state index contributed by atoms with van der Waals surface area (Å²) in [4.78, 5) is 0. The molecule has 2 aromatic rings. The minimum atomic E-state index is 0.556. The number of aryl methyl sites for hydroxylation is 1. The van der Waals surface area contributed by atoms with Gasteiger partial charge in [-0.3, -0.25) is 0 Å². The fraction of sp³-hybridized carbons (Fsp3) is 0.133. The van der Waals surface area contributed by atoms with Crippen molar-refractivity contribution >= 4 is 17.1 Å². The van der Waals surface area contributed by atoms with E-state index in [2.05, 4.69) is 24.4 Å². The number of rotatable bonds is 3. The molecule has 0 heterocycles. The molecule has 2 rings (SSSR count). The first-order valence-electron chi connectivity index (χ1n) is 5.89. The molecule has 0 aliphatic carbocycles. The number of hydrogen-bond acceptors (Lipinski definition) is 3. The summed E-state index contributed by atoms with van der Waals surface area (Å²) in [7, 11) is 0. The number of nitrogens with zero attached hydrogens (tertiary/aromatic N) is 1. The van der Waals surface area contributed by atoms with Crippen LogP contribution in [0, 0.1) is 11.3 Å². The minimum Gasteiger partial charge on any atom is -0.399 e. The third-order valence-electron chi connectivity index (χ3n) is 2.83. The van der Waals surface area contributed by atoms with Gasteiger partial charge in [0.25, 0.3) is 0 Å². The lowest BCUT2D eigenvalue weighted by atomic mass is 10.1. The maximum atomic E-state index is 9.10. The van der Waals surface area contributed by atoms with E-state index in [1.165, 1.54) is 5.56 Å². The molecule has 0 aliphatic rings. The van der Waals surface area contributed by atoms with Gasteiger partial charge < -0.3 is 11.1 Å². The Morgan fingerprint density at radius 1 is 1.17 bits per heavy atom. The quantitative estimate of drug-likeness (QED) is 0.804. The number of benzene rings is 2. The first-order chi connectivity index (χ1) is 8.74. The molecule has 0 atom stereocenters. The van der Waals surface area contributed by atoms with E-state index in [9.17, 15) is 0 Å². The Morgan fingerprint density at radius 3 is 2.67 bits per heavy atom. The van der Waals surface area contributed by atoms with Crippen LogP contribution in [0.4, 0.5) is 17.1 Å². The zero-order valence-corrected chi connectivity index (χ0v) is 10.3. The molecule has 0 saturated heterocycles. The summed E-state index contributed by atoms with van der Waals surface area (Å²) in [5.74, 6) is 0. The summed E-state index contributed by atoms with van der Waals surface area (Å²) in [5.41, 5.74) is 9.86. The number of nitrogen functional groups attached to an aromatic ring is 1. The van der Waals surface area contributed by atoms with Crippen LogP contribution < -0.4 is 11.1 Å². The average molecular weight is 237 g/mol. The summed E-state index contributed by atoms with van der Waals surface area (Å²) in [6.07, 6.45) is 0.944. The van der Waals surface area contributed by atoms with Crippen LogP contribution in [0.15, 0.2) is 42.5 Å². The van der Waals surface area contributed by atoms with Gasteiger partial charge in [-0.05, 0) is 36.2 Å². The number of hydrogen-bond donors (Lipinski definition) is 2. The highest BCUT2D eigenvalue weighted by Gasteiger charge is 2.05. The zero-order chi connectivity index (χ0) is 13.0. The van der Waals surface area contributed by atoms with E-state index in [0.29, 0.717) is 11.3 Å². The molecule has 0 spiro atoms. The molecule has 0 saturated carbocycles. The van der Waals surface area contributed by atoms with Crippen LogP contribution in [-0.2, 0) is 6.42 Å². The Hall–Kier alpha value is -2.47. The maximum absolute atomic E-state index is 9.10. The molecule has 0 amide bonds. The van der Waals surface area contributed by atoms with Gasteiger partial charge in [0.05, 0.1) is 11.3 Å². The lowest BCUT2D eigenvalue weighted by Crippen LogP contribution is -1.98. The Kier molecular flexibility index (Phi) is 3.49. The second-order valence-electron chi connectivity index (χ2n) is 4.05. The van der Waals surface area contributed by atoms with E-state index < -0.39 is 0 Å². The molecular formula is C15H15N3. The van der Waals surface area contributed by atoms with Gasteiger partial charge in [0, 0.05) is 11.4 Å². The predicted molar refractivity (Wildman–Crippen MR) is 74.7 cm³/mol. The summed E-state index contributed by atoms with van der Waals surface area (Å²) in [6, 6.07) is 15.5. The van der Waals surface area contributed by atoms with Gasteiger partial charge in [-0.25, -0.2) is 0 Å². The zero-order valence-electron chi connectivity index (χ0n) is 10.3. The Bertz CT molecular complexity index is 597. The molecule has 0 radical (unpaired) electrons. The van der Waals surface area contributed by atoms with Crippen molar-refractivity contribution in [3.8, 4) is 6.07 Å². The lowest BCUT2D eigenvalue weighted by Gasteiger charge is -2.12. The predicted octanol–water partition coefficient (Wildman–Crippen LogP) is 3.45. The molecule has 2 aromatic carbocycles. The second-order valence-corrected chi connectivity index (χ2v) is 4.05. The molecule has 3 nitrogen and oxygen atoms in total. The van der Waals surface area contributed by atoms with Gasteiger partial charge in [0.15, 0.2) is 0 Å². The summed E-state index contributed by atoms with van der Waals surface area (Å²) >= 11 is 0. The third kappa shape index (κ3) is 2.44. The van der Waals surface area contributed by atoms with Gasteiger partial charge >= 0.3 is 0 Å². The van der Waals surface area contributed by atoms with Crippen LogP contribution in [0.25, 0.3) is 0 Å². The van der Waals surface area contributed by atoms with Crippen molar-refractivity contribution in [1.82, 2.24) is 0 Å². The summed E-state index contributed by atoms with van der Waals surface area (Å²) < 4.78 is 0. The highest BCUT2D eigenvalue weighted by Crippen LogP contribution is 2.25. The van der Waals surface area contributed by atoms with Gasteiger partial charge in [-0.15, -0.1) is 0 Å². The number of para-hydroxylation sites is 1. The van der Waals surface area contributed by atoms with Crippen molar-refractivity contribution < 1.29 is 0 Å². The molecule has 90 valence electrons. The first-order valence-corrected chi connectivity index (χ1v) is 5.89. The summed E-state index contributed by atoms with van der Waals surface area (Å²) in [5, 5.41) is 12.4. The average Bonchev–Trinajstić information content (AvgIpc) is 2.41. The van der Waals surface area contributed by atoms with E-state index in [-0.39, 0.29) is 0 Å². The van der Waals surface area contributed by atoms with E-state index in [4.69, 9.17) is 11.0 Å². The fourth-order valence-corrected chi connectivity index (χ4v) is 1.86. The first kappa shape index (κ1) is 12.0. The van der Waals surface area contributed by atoms with Crippen molar-refractivity contribution in [2.45, 2.75) is 13.3 Å². The van der Waals surface area contributed by atoms with Gasteiger partial charge in [-0.2, -0.15) is 5.26 Å². The minimum absolute atomic E-state index is 0.556. The van der Waals surface area contributed by atoms with Crippen molar-refractivity contribution in [1.29, 1.82) is 5.26 Å². The van der Waals surface area contributed by atoms with Gasteiger partial charge in [0.2, 0.25) is 0 Å². The van der Waals surface area contributed by atoms with E-state index in [1.807, 2.05) is 24.3 Å². The molecular weight excluding hydrogens is 222 g/mol. The van der Waals surface area contributed by atoms with Gasteiger partial charge in [-0.1, -0.05) is 25.1 Å². The topological polar surface area (TPSA) is 61.8 Å². The summed E-state index contributed by atoms with van der Waals surface area (Å²) in [6.45, 7) is 2.11. The fourth-order valence-electron chi connectivity index (χ4n) is 1.86. The Morgan fingerprint density at radius 2 is 1.94 bits per heavy atom. The van der Waals surface area contributed by atoms with E-state index in [0.717, 1.165) is 17.8 Å². The monoisotopic (exact) mass is 237 g/mol. The van der Waals surface area contributed by atoms with Crippen molar-refractivity contribution in [3.63, 3.8) is 0 Å². The van der Waals surface area contributed by atoms with E-state index in [1.54, 1.807) is 12.1 Å². The molecule has 3 N–H and O–H groups in total. The molecule has 0 unspecified atom stereocenters. The van der Waals surface area contributed by atoms with Crippen LogP contribution in [0.5, 0.6) is 0 Å². The standard InChI is InChI=1S/C15H15N3/c1-2-11-5-3-4-6-14(11)18-15-8-7-13(17)9-12(15)10-16/h3-9,18H,2,17H2,1H3. The molecule has 0 aliphatic heterocycles. The molecule has 18 heavy (non-hydrogen) atoms. The molecule has 0 fully saturated rings. The smallest absolute Gasteiger partial charge is 0.101 e. The van der Waals surface area contributed by atoms with Crippen molar-refractivity contribution in [3.05, 3.63) is 53.6 Å². The van der Waals surface area contributed by atoms with Crippen molar-refractivity contribution in [2.75, 3.05) is 11.1 Å². The highest BCUT2D eigenvalue weighted by atomic mass is 14.9. The van der Waals surface area contributed by atoms with Crippen molar-refractivity contribution in [2.24, 2.45) is 0 Å². The number of nitrogens with one attached hydrogen (secondary N) is 1.